The van der Waals surface area contributed by atoms with E-state index in [-0.39, 0.29) is 15.8 Å². The summed E-state index contributed by atoms with van der Waals surface area (Å²) < 4.78 is 0. The van der Waals surface area contributed by atoms with Crippen molar-refractivity contribution in [2.45, 2.75) is 138 Å². The van der Waals surface area contributed by atoms with E-state index >= 15 is 0 Å². The Labute approximate surface area is 261 Å². The molecule has 3 aliphatic heterocycles. The van der Waals surface area contributed by atoms with Gasteiger partial charge in [0, 0.05) is 5.66 Å². The zero-order valence-corrected chi connectivity index (χ0v) is 29.9. The molecule has 12 fully saturated rings. The summed E-state index contributed by atoms with van der Waals surface area (Å²) >= 11 is 0. The third kappa shape index (κ3) is 4.23. The van der Waals surface area contributed by atoms with Crippen molar-refractivity contribution in [2.24, 2.45) is 53.3 Å². The lowest BCUT2D eigenvalue weighted by Gasteiger charge is -2.67. The maximum absolute atomic E-state index is 2.92. The molecule has 0 aromatic heterocycles. The number of benzene rings is 1. The van der Waals surface area contributed by atoms with Gasteiger partial charge >= 0.3 is 0 Å². The van der Waals surface area contributed by atoms with Crippen molar-refractivity contribution in [3.63, 3.8) is 0 Å². The Morgan fingerprint density at radius 2 is 1.10 bits per heavy atom. The van der Waals surface area contributed by atoms with Gasteiger partial charge in [0.05, 0.1) is 8.07 Å². The summed E-state index contributed by atoms with van der Waals surface area (Å²) in [5.74, 6) is 9.92. The van der Waals surface area contributed by atoms with E-state index in [0.717, 1.165) is 69.2 Å². The van der Waals surface area contributed by atoms with Crippen LogP contribution in [-0.2, 0) is 6.16 Å². The van der Waals surface area contributed by atoms with Crippen molar-refractivity contribution >= 4 is 29.1 Å². The van der Waals surface area contributed by atoms with Crippen LogP contribution in [-0.4, -0.2) is 30.7 Å². The number of hydrogen-bond donors (Lipinski definition) is 0. The van der Waals surface area contributed by atoms with Gasteiger partial charge in [-0.2, -0.15) is 0 Å². The van der Waals surface area contributed by atoms with E-state index in [1.54, 1.807) is 120 Å². The van der Waals surface area contributed by atoms with Crippen LogP contribution in [0.2, 0.25) is 19.6 Å². The molecule has 3 saturated heterocycles. The van der Waals surface area contributed by atoms with E-state index in [2.05, 4.69) is 37.8 Å². The van der Waals surface area contributed by atoms with Gasteiger partial charge in [0.1, 0.15) is 0 Å². The molecule has 42 heavy (non-hydrogen) atoms. The smallest absolute Gasteiger partial charge is 0.0776 e. The van der Waals surface area contributed by atoms with E-state index in [9.17, 15) is 0 Å². The summed E-state index contributed by atoms with van der Waals surface area (Å²) in [5, 5.41) is 3.31. The molecule has 0 radical (unpaired) electrons. The van der Waals surface area contributed by atoms with Crippen molar-refractivity contribution in [1.29, 1.82) is 0 Å². The monoisotopic (exact) mass is 616 g/mol. The molecule has 0 amide bonds. The van der Waals surface area contributed by atoms with Crippen LogP contribution in [0.25, 0.3) is 0 Å². The molecule has 0 nitrogen and oxygen atoms in total. The molecule has 13 rings (SSSR count). The van der Waals surface area contributed by atoms with Gasteiger partial charge in [0.2, 0.25) is 0 Å². The van der Waals surface area contributed by atoms with Crippen LogP contribution >= 0.6 is 15.8 Å². The van der Waals surface area contributed by atoms with Crippen LogP contribution in [0.3, 0.4) is 0 Å². The fraction of sp³-hybridized carbons (Fsp3) is 0.846. The van der Waals surface area contributed by atoms with Gasteiger partial charge in [0.15, 0.2) is 0 Å². The molecule has 0 N–H and O–H groups in total. The minimum Gasteiger partial charge on any atom is -0.0982 e. The summed E-state index contributed by atoms with van der Waals surface area (Å²) in [6.45, 7) is 7.85. The molecule has 9 aliphatic carbocycles. The highest BCUT2D eigenvalue weighted by atomic mass is 31.1. The highest BCUT2D eigenvalue weighted by Gasteiger charge is 2.62. The molecule has 3 atom stereocenters. The quantitative estimate of drug-likeness (QED) is 0.220. The lowest BCUT2D eigenvalue weighted by atomic mass is 9.55. The van der Waals surface area contributed by atoms with Gasteiger partial charge in [-0.1, -0.05) is 58.9 Å². The Hall–Kier alpha value is 0.297. The Bertz CT molecular complexity index is 1110. The van der Waals surface area contributed by atoms with E-state index in [1.165, 1.54) is 0 Å². The molecule has 0 spiro atoms. The molecule has 3 heteroatoms. The van der Waals surface area contributed by atoms with E-state index < -0.39 is 8.07 Å². The van der Waals surface area contributed by atoms with Crippen LogP contribution in [0.1, 0.15) is 113 Å². The summed E-state index contributed by atoms with van der Waals surface area (Å²) in [6.07, 6.45) is 29.3. The van der Waals surface area contributed by atoms with Crippen LogP contribution in [0.4, 0.5) is 0 Å². The Morgan fingerprint density at radius 3 is 1.52 bits per heavy atom. The normalized spacial score (nSPS) is 51.9. The van der Waals surface area contributed by atoms with Crippen LogP contribution < -0.4 is 5.19 Å². The second kappa shape index (κ2) is 9.44. The maximum Gasteiger partial charge on any atom is 0.0776 e. The van der Waals surface area contributed by atoms with Gasteiger partial charge in [-0.05, 0) is 189 Å². The topological polar surface area (TPSA) is 0 Å². The lowest BCUT2D eigenvalue weighted by molar-refractivity contribution is 0.0184. The standard InChI is InChI=1S/C39H58P2Si/c1-42(2,3)35-5-4-33(36(15-35)37-34-13-31-12-32(14-34)23-40(37)22-31)24-41(38-16-25-6-26(17-38)8-27(7-25)18-38)39-19-28-9-29(20-39)11-30(10-28)21-39/h4-5,15,25-32,34,37H,6-14,16-24H2,1-3H3. The van der Waals surface area contributed by atoms with Gasteiger partial charge in [0.25, 0.3) is 0 Å². The first-order chi connectivity index (χ1) is 20.2. The predicted molar refractivity (Wildman–Crippen MR) is 186 cm³/mol. The molecule has 3 unspecified atom stereocenters. The third-order valence-electron chi connectivity index (χ3n) is 15.6. The fourth-order valence-corrected chi connectivity index (χ4v) is 25.5. The minimum absolute atomic E-state index is 0.0436. The third-order valence-corrected chi connectivity index (χ3v) is 25.1. The van der Waals surface area contributed by atoms with Crippen molar-refractivity contribution in [2.75, 3.05) is 12.3 Å². The summed E-state index contributed by atoms with van der Waals surface area (Å²) in [4.78, 5) is 0. The summed E-state index contributed by atoms with van der Waals surface area (Å²) in [5.41, 5.74) is 4.89. The highest BCUT2D eigenvalue weighted by molar-refractivity contribution is 7.60. The maximum atomic E-state index is 2.92. The second-order valence-electron chi connectivity index (χ2n) is 19.6. The van der Waals surface area contributed by atoms with E-state index in [4.69, 9.17) is 0 Å². The molecular formula is C39H58P2Si. The van der Waals surface area contributed by atoms with Gasteiger partial charge in [-0.3, -0.25) is 0 Å². The molecule has 228 valence electrons. The molecule has 12 bridgehead atoms. The van der Waals surface area contributed by atoms with Crippen molar-refractivity contribution < 1.29 is 0 Å². The fourth-order valence-electron chi connectivity index (χ4n) is 15.2. The van der Waals surface area contributed by atoms with Gasteiger partial charge < -0.3 is 0 Å². The molecular weight excluding hydrogens is 558 g/mol. The Morgan fingerprint density at radius 1 is 0.643 bits per heavy atom. The van der Waals surface area contributed by atoms with Crippen LogP contribution in [0, 0.1) is 53.3 Å². The van der Waals surface area contributed by atoms with Gasteiger partial charge in [-0.25, -0.2) is 0 Å². The summed E-state index contributed by atoms with van der Waals surface area (Å²) in [6, 6.07) is 8.44. The first-order valence-corrected chi connectivity index (χ1v) is 25.7. The lowest BCUT2D eigenvalue weighted by Crippen LogP contribution is -2.56. The van der Waals surface area contributed by atoms with Crippen molar-refractivity contribution in [3.05, 3.63) is 29.3 Å². The average Bonchev–Trinajstić information content (AvgIpc) is 2.89. The van der Waals surface area contributed by atoms with E-state index in [1.807, 2.05) is 11.1 Å². The molecule has 1 aromatic carbocycles. The van der Waals surface area contributed by atoms with Gasteiger partial charge in [-0.15, -0.1) is 0 Å². The van der Waals surface area contributed by atoms with Crippen LogP contribution in [0.5, 0.6) is 0 Å². The van der Waals surface area contributed by atoms with Crippen LogP contribution in [0.15, 0.2) is 18.2 Å². The first-order valence-electron chi connectivity index (χ1n) is 18.9. The largest absolute Gasteiger partial charge is 0.0982 e. The Balaban J connectivity index is 1.09. The molecule has 3 heterocycles. The molecule has 9 saturated carbocycles. The zero-order valence-electron chi connectivity index (χ0n) is 27.1. The summed E-state index contributed by atoms with van der Waals surface area (Å²) in [7, 11) is -1.06. The van der Waals surface area contributed by atoms with Crippen molar-refractivity contribution in [3.8, 4) is 0 Å². The SMILES string of the molecule is C[Si](C)(C)c1ccc(CP(C23CC4CC(CC(C4)C2)C3)C23CC4CC(CC(C4)C2)C3)c(C2C3CC4CC(C3)CP2C4)c1. The minimum atomic E-state index is -1.33. The number of rotatable bonds is 6. The zero-order chi connectivity index (χ0) is 28.0. The number of hydrogen-bond acceptors (Lipinski definition) is 0. The highest BCUT2D eigenvalue weighted by Crippen LogP contribution is 2.80. The van der Waals surface area contributed by atoms with E-state index in [0.29, 0.717) is 0 Å². The first kappa shape index (κ1) is 27.4. The van der Waals surface area contributed by atoms with Crippen molar-refractivity contribution in [1.82, 2.24) is 0 Å². The predicted octanol–water partition coefficient (Wildman–Crippen LogP) is 10.7. The average molecular weight is 617 g/mol. The molecule has 12 aliphatic rings. The Kier molecular flexibility index (Phi) is 6.16. The molecule has 1 aromatic rings. The second-order valence-corrected chi connectivity index (χ2v) is 30.2.